The number of ketones is 1. The fourth-order valence-corrected chi connectivity index (χ4v) is 1.87. The largest absolute Gasteiger partial charge is 0.504 e. The van der Waals surface area contributed by atoms with E-state index in [1.807, 2.05) is 6.92 Å². The first-order chi connectivity index (χ1) is 9.99. The van der Waals surface area contributed by atoms with Crippen molar-refractivity contribution in [3.05, 3.63) is 18.0 Å². The van der Waals surface area contributed by atoms with Gasteiger partial charge < -0.3 is 20.7 Å². The van der Waals surface area contributed by atoms with Crippen LogP contribution in [0, 0.1) is 0 Å². The molecule has 0 unspecified atom stereocenters. The lowest BCUT2D eigenvalue weighted by atomic mass is 10.2. The highest BCUT2D eigenvalue weighted by molar-refractivity contribution is 5.84. The van der Waals surface area contributed by atoms with Crippen LogP contribution in [0.15, 0.2) is 12.3 Å². The number of Topliss-reactive ketones (excluding diaryl/α,β-unsaturated/α-hetero) is 1. The Hall–Kier alpha value is -2.15. The molecule has 1 rings (SSSR count). The molecule has 0 aliphatic rings. The van der Waals surface area contributed by atoms with Crippen molar-refractivity contribution in [3.8, 4) is 11.5 Å². The number of hydrogen-bond donors (Lipinski definition) is 3. The van der Waals surface area contributed by atoms with E-state index in [-0.39, 0.29) is 43.3 Å². The molecule has 0 radical (unpaired) electrons. The summed E-state index contributed by atoms with van der Waals surface area (Å²) in [6, 6.07) is 1.37. The summed E-state index contributed by atoms with van der Waals surface area (Å²) in [4.78, 5) is 22.4. The highest BCUT2D eigenvalue weighted by Crippen LogP contribution is 2.25. The predicted octanol–water partition coefficient (Wildman–Crippen LogP) is -0.201. The van der Waals surface area contributed by atoms with E-state index >= 15 is 0 Å². The van der Waals surface area contributed by atoms with Crippen molar-refractivity contribution in [2.45, 2.75) is 32.7 Å². The first-order valence-electron chi connectivity index (χ1n) is 6.80. The van der Waals surface area contributed by atoms with Crippen LogP contribution in [0.2, 0.25) is 0 Å². The zero-order valence-corrected chi connectivity index (χ0v) is 12.0. The molecule has 4 N–H and O–H groups in total. The van der Waals surface area contributed by atoms with Gasteiger partial charge in [0.15, 0.2) is 25.1 Å². The number of aromatic nitrogens is 1. The van der Waals surface area contributed by atoms with Crippen LogP contribution >= 0.6 is 0 Å². The van der Waals surface area contributed by atoms with E-state index in [4.69, 9.17) is 10.5 Å². The lowest BCUT2D eigenvalue weighted by molar-refractivity contribution is -0.705. The van der Waals surface area contributed by atoms with Crippen molar-refractivity contribution < 1.29 is 29.1 Å². The Kier molecular flexibility index (Phi) is 6.61. The minimum Gasteiger partial charge on any atom is -0.504 e. The average molecular weight is 297 g/mol. The topological polar surface area (TPSA) is 114 Å². The van der Waals surface area contributed by atoms with Crippen LogP contribution in [0.3, 0.4) is 0 Å². The average Bonchev–Trinajstić information content (AvgIpc) is 2.48. The smallest absolute Gasteiger partial charge is 0.306 e. The van der Waals surface area contributed by atoms with E-state index in [2.05, 4.69) is 0 Å². The SMILES string of the molecule is CCc1c(O)c(O)cc[n+]1CCOC(=O)CCC(=O)CN. The third kappa shape index (κ3) is 5.03. The summed E-state index contributed by atoms with van der Waals surface area (Å²) < 4.78 is 6.72. The Bertz CT molecular complexity index is 516. The summed E-state index contributed by atoms with van der Waals surface area (Å²) in [6.45, 7) is 2.25. The Labute approximate surface area is 123 Å². The van der Waals surface area contributed by atoms with Crippen molar-refractivity contribution in [1.82, 2.24) is 0 Å². The molecule has 0 aliphatic heterocycles. The summed E-state index contributed by atoms with van der Waals surface area (Å²) >= 11 is 0. The molecule has 1 aromatic rings. The van der Waals surface area contributed by atoms with E-state index < -0.39 is 5.97 Å². The van der Waals surface area contributed by atoms with Gasteiger partial charge >= 0.3 is 5.97 Å². The molecule has 0 fully saturated rings. The molecule has 7 heteroatoms. The van der Waals surface area contributed by atoms with E-state index in [0.29, 0.717) is 18.7 Å². The number of hydrogen-bond acceptors (Lipinski definition) is 6. The Morgan fingerprint density at radius 2 is 2.05 bits per heavy atom. The molecule has 0 saturated heterocycles. The number of carbonyl (C=O) groups excluding carboxylic acids is 2. The van der Waals surface area contributed by atoms with Crippen molar-refractivity contribution >= 4 is 11.8 Å². The minimum atomic E-state index is -0.460. The van der Waals surface area contributed by atoms with Crippen LogP contribution in [0.1, 0.15) is 25.5 Å². The normalized spacial score (nSPS) is 10.4. The van der Waals surface area contributed by atoms with Gasteiger partial charge in [0.05, 0.1) is 13.0 Å². The molecule has 7 nitrogen and oxygen atoms in total. The standard InChI is InChI=1S/C14H20N2O5/c1-2-11-14(20)12(18)5-6-16(11)7-8-21-13(19)4-3-10(17)9-15/h5-6,20H,2-4,7-9,15H2,1H3/p+1. The second-order valence-electron chi connectivity index (χ2n) is 4.51. The van der Waals surface area contributed by atoms with E-state index in [9.17, 15) is 19.8 Å². The van der Waals surface area contributed by atoms with Gasteiger partial charge in [-0.3, -0.25) is 9.59 Å². The predicted molar refractivity (Wildman–Crippen MR) is 73.6 cm³/mol. The summed E-state index contributed by atoms with van der Waals surface area (Å²) in [5.74, 6) is -0.989. The summed E-state index contributed by atoms with van der Waals surface area (Å²) in [6.07, 6.45) is 2.24. The number of ether oxygens (including phenoxy) is 1. The quantitative estimate of drug-likeness (QED) is 0.452. The molecular weight excluding hydrogens is 276 g/mol. The Balaban J connectivity index is 2.47. The molecule has 116 valence electrons. The molecule has 0 spiro atoms. The summed E-state index contributed by atoms with van der Waals surface area (Å²) in [5, 5.41) is 19.2. The second kappa shape index (κ2) is 8.21. The minimum absolute atomic E-state index is 0.0160. The van der Waals surface area contributed by atoms with Crippen LogP contribution in [0.4, 0.5) is 0 Å². The zero-order chi connectivity index (χ0) is 15.8. The molecule has 0 saturated carbocycles. The Morgan fingerprint density at radius 3 is 2.67 bits per heavy atom. The van der Waals surface area contributed by atoms with Gasteiger partial charge in [0.25, 0.3) is 0 Å². The maximum absolute atomic E-state index is 11.4. The number of nitrogens with two attached hydrogens (primary N) is 1. The zero-order valence-electron chi connectivity index (χ0n) is 12.0. The molecule has 1 aromatic heterocycles. The van der Waals surface area contributed by atoms with Gasteiger partial charge in [-0.1, -0.05) is 6.92 Å². The first-order valence-corrected chi connectivity index (χ1v) is 6.80. The fourth-order valence-electron chi connectivity index (χ4n) is 1.87. The number of esters is 1. The van der Waals surface area contributed by atoms with Gasteiger partial charge in [-0.25, -0.2) is 0 Å². The van der Waals surface area contributed by atoms with E-state index in [0.717, 1.165) is 0 Å². The number of pyridine rings is 1. The summed E-state index contributed by atoms with van der Waals surface area (Å²) in [5.41, 5.74) is 5.70. The number of nitrogens with zero attached hydrogens (tertiary/aromatic N) is 1. The molecule has 1 heterocycles. The van der Waals surface area contributed by atoms with Gasteiger partial charge in [0.1, 0.15) is 5.78 Å². The summed E-state index contributed by atoms with van der Waals surface area (Å²) in [7, 11) is 0. The number of rotatable bonds is 8. The molecule has 0 aliphatic carbocycles. The highest BCUT2D eigenvalue weighted by Gasteiger charge is 2.18. The highest BCUT2D eigenvalue weighted by atomic mass is 16.5. The third-order valence-corrected chi connectivity index (χ3v) is 3.04. The fraction of sp³-hybridized carbons (Fsp3) is 0.500. The van der Waals surface area contributed by atoms with Crippen molar-refractivity contribution in [2.24, 2.45) is 5.73 Å². The number of carbonyl (C=O) groups is 2. The monoisotopic (exact) mass is 297 g/mol. The molecule has 21 heavy (non-hydrogen) atoms. The second-order valence-corrected chi connectivity index (χ2v) is 4.51. The maximum atomic E-state index is 11.4. The van der Waals surface area contributed by atoms with Crippen LogP contribution in [-0.2, 0) is 27.3 Å². The van der Waals surface area contributed by atoms with Gasteiger partial charge in [-0.15, -0.1) is 0 Å². The lowest BCUT2D eigenvalue weighted by Crippen LogP contribution is -2.40. The van der Waals surface area contributed by atoms with Crippen molar-refractivity contribution in [3.63, 3.8) is 0 Å². The molecule has 0 atom stereocenters. The Morgan fingerprint density at radius 1 is 1.33 bits per heavy atom. The molecule has 0 amide bonds. The van der Waals surface area contributed by atoms with Crippen LogP contribution < -0.4 is 10.3 Å². The third-order valence-electron chi connectivity index (χ3n) is 3.04. The van der Waals surface area contributed by atoms with Gasteiger partial charge in [0, 0.05) is 18.9 Å². The van der Waals surface area contributed by atoms with E-state index in [1.54, 1.807) is 10.8 Å². The number of aromatic hydroxyl groups is 2. The van der Waals surface area contributed by atoms with Crippen molar-refractivity contribution in [2.75, 3.05) is 13.2 Å². The van der Waals surface area contributed by atoms with Gasteiger partial charge in [-0.2, -0.15) is 4.57 Å². The van der Waals surface area contributed by atoms with Crippen LogP contribution in [0.25, 0.3) is 0 Å². The first kappa shape index (κ1) is 16.9. The van der Waals surface area contributed by atoms with Crippen LogP contribution in [0.5, 0.6) is 11.5 Å². The van der Waals surface area contributed by atoms with Gasteiger partial charge in [-0.05, 0) is 0 Å². The molecule has 0 bridgehead atoms. The molecule has 0 aromatic carbocycles. The lowest BCUT2D eigenvalue weighted by Gasteiger charge is -2.06. The molecular formula is C14H21N2O5+. The van der Waals surface area contributed by atoms with Crippen LogP contribution in [-0.4, -0.2) is 35.1 Å². The van der Waals surface area contributed by atoms with E-state index in [1.165, 1.54) is 6.07 Å². The van der Waals surface area contributed by atoms with Crippen molar-refractivity contribution in [1.29, 1.82) is 0 Å². The van der Waals surface area contributed by atoms with Gasteiger partial charge in [0.2, 0.25) is 11.4 Å². The maximum Gasteiger partial charge on any atom is 0.306 e.